The van der Waals surface area contributed by atoms with Gasteiger partial charge >= 0.3 is 0 Å². The van der Waals surface area contributed by atoms with Crippen molar-refractivity contribution in [3.8, 4) is 0 Å². The Morgan fingerprint density at radius 3 is 2.76 bits per heavy atom. The normalized spacial score (nSPS) is 14.3. The van der Waals surface area contributed by atoms with Crippen molar-refractivity contribution in [2.24, 2.45) is 0 Å². The van der Waals surface area contributed by atoms with Gasteiger partial charge in [-0.05, 0) is 35.7 Å². The van der Waals surface area contributed by atoms with Gasteiger partial charge in [-0.25, -0.2) is 8.78 Å². The summed E-state index contributed by atoms with van der Waals surface area (Å²) >= 11 is 9.43. The molecule has 1 fully saturated rings. The number of alkyl halides is 2. The van der Waals surface area contributed by atoms with Gasteiger partial charge in [0, 0.05) is 18.7 Å². The third-order valence-corrected chi connectivity index (χ3v) is 5.03. The molecule has 25 heavy (non-hydrogen) atoms. The van der Waals surface area contributed by atoms with Crippen LogP contribution < -0.4 is 5.32 Å². The molecule has 2 aromatic rings. The Kier molecular flexibility index (Phi) is 5.43. The fourth-order valence-corrected chi connectivity index (χ4v) is 3.40. The molecule has 1 aliphatic rings. The van der Waals surface area contributed by atoms with E-state index in [1.807, 2.05) is 13.1 Å². The predicted molar refractivity (Wildman–Crippen MR) is 91.6 cm³/mol. The van der Waals surface area contributed by atoms with Crippen LogP contribution in [0.1, 0.15) is 49.2 Å². The highest BCUT2D eigenvalue weighted by Crippen LogP contribution is 2.45. The molecule has 6 nitrogen and oxygen atoms in total. The van der Waals surface area contributed by atoms with Gasteiger partial charge in [0.2, 0.25) is 5.91 Å². The minimum Gasteiger partial charge on any atom is -0.349 e. The molecule has 1 N–H and O–H groups in total. The second kappa shape index (κ2) is 7.41. The predicted octanol–water partition coefficient (Wildman–Crippen LogP) is 3.65. The molecule has 0 saturated heterocycles. The summed E-state index contributed by atoms with van der Waals surface area (Å²) in [5, 5.41) is 10.9. The molecule has 3 rings (SSSR count). The lowest BCUT2D eigenvalue weighted by Gasteiger charge is -2.07. The minimum absolute atomic E-state index is 0.0188. The maximum Gasteiger partial charge on any atom is 0.283 e. The second-order valence-corrected chi connectivity index (χ2v) is 7.11. The van der Waals surface area contributed by atoms with Gasteiger partial charge < -0.3 is 5.32 Å². The first-order valence-electron chi connectivity index (χ1n) is 7.93. The van der Waals surface area contributed by atoms with E-state index in [9.17, 15) is 13.6 Å². The van der Waals surface area contributed by atoms with Crippen molar-refractivity contribution in [3.63, 3.8) is 0 Å². The van der Waals surface area contributed by atoms with Crippen LogP contribution in [-0.2, 0) is 24.4 Å². The smallest absolute Gasteiger partial charge is 0.283 e. The molecule has 0 aromatic carbocycles. The van der Waals surface area contributed by atoms with Gasteiger partial charge in [0.25, 0.3) is 6.43 Å². The van der Waals surface area contributed by atoms with Crippen molar-refractivity contribution in [1.82, 2.24) is 24.9 Å². The van der Waals surface area contributed by atoms with E-state index in [0.29, 0.717) is 11.4 Å². The largest absolute Gasteiger partial charge is 0.349 e. The van der Waals surface area contributed by atoms with Gasteiger partial charge in [0.15, 0.2) is 0 Å². The summed E-state index contributed by atoms with van der Waals surface area (Å²) in [6, 6.07) is 0. The van der Waals surface area contributed by atoms with E-state index in [-0.39, 0.29) is 29.9 Å². The van der Waals surface area contributed by atoms with Gasteiger partial charge in [-0.3, -0.25) is 14.2 Å². The van der Waals surface area contributed by atoms with E-state index in [1.165, 1.54) is 4.68 Å². The van der Waals surface area contributed by atoms with Crippen molar-refractivity contribution in [2.75, 3.05) is 0 Å². The molecule has 2 heterocycles. The topological polar surface area (TPSA) is 64.7 Å². The van der Waals surface area contributed by atoms with Crippen molar-refractivity contribution in [2.45, 2.75) is 51.7 Å². The van der Waals surface area contributed by atoms with Gasteiger partial charge in [-0.2, -0.15) is 10.2 Å². The summed E-state index contributed by atoms with van der Waals surface area (Å²) in [6.45, 7) is 2.77. The first kappa shape index (κ1) is 18.3. The summed E-state index contributed by atoms with van der Waals surface area (Å²) in [4.78, 5) is 12.2. The average Bonchev–Trinajstić information content (AvgIpc) is 3.25. The Labute approximate surface area is 156 Å². The molecule has 136 valence electrons. The number of nitrogens with one attached hydrogen (secondary N) is 1. The quantitative estimate of drug-likeness (QED) is 0.720. The van der Waals surface area contributed by atoms with Crippen LogP contribution in [0.25, 0.3) is 0 Å². The van der Waals surface area contributed by atoms with Crippen LogP contribution in [0.2, 0.25) is 5.02 Å². The van der Waals surface area contributed by atoms with Crippen LogP contribution in [-0.4, -0.2) is 25.5 Å². The van der Waals surface area contributed by atoms with Crippen molar-refractivity contribution in [3.05, 3.63) is 32.8 Å². The van der Waals surface area contributed by atoms with Crippen LogP contribution in [0.5, 0.6) is 0 Å². The second-order valence-electron chi connectivity index (χ2n) is 5.87. The van der Waals surface area contributed by atoms with Crippen molar-refractivity contribution in [1.29, 1.82) is 0 Å². The Morgan fingerprint density at radius 2 is 2.20 bits per heavy atom. The Bertz CT molecular complexity index is 787. The van der Waals surface area contributed by atoms with Gasteiger partial charge in [0.05, 0.1) is 27.4 Å². The van der Waals surface area contributed by atoms with Crippen molar-refractivity contribution < 1.29 is 13.6 Å². The number of carbonyl (C=O) groups is 1. The van der Waals surface area contributed by atoms with E-state index in [0.717, 1.165) is 23.9 Å². The van der Waals surface area contributed by atoms with Crippen LogP contribution >= 0.6 is 27.5 Å². The SMILES string of the molecule is CCn1cc(Br)c(CNC(=O)Cn2nc(C(F)F)c(Cl)c2C2CC2)n1. The zero-order valence-electron chi connectivity index (χ0n) is 13.5. The number of nitrogens with zero attached hydrogens (tertiary/aromatic N) is 4. The number of hydrogen-bond donors (Lipinski definition) is 1. The van der Waals surface area contributed by atoms with E-state index in [1.54, 1.807) is 4.68 Å². The van der Waals surface area contributed by atoms with Crippen LogP contribution in [0.4, 0.5) is 8.78 Å². The number of carbonyl (C=O) groups excluding carboxylic acids is 1. The monoisotopic (exact) mass is 435 g/mol. The maximum atomic E-state index is 13.0. The van der Waals surface area contributed by atoms with Crippen LogP contribution in [0.3, 0.4) is 0 Å². The minimum atomic E-state index is -2.76. The van der Waals surface area contributed by atoms with Gasteiger partial charge in [0.1, 0.15) is 12.2 Å². The standard InChI is InChI=1S/C15H17BrClF2N5O/c1-2-23-6-9(16)10(21-23)5-20-11(25)7-24-14(8-3-4-8)12(17)13(22-24)15(18)19/h6,8,15H,2-5,7H2,1H3,(H,20,25). The van der Waals surface area contributed by atoms with Crippen LogP contribution in [0.15, 0.2) is 10.7 Å². The molecule has 0 atom stereocenters. The van der Waals surface area contributed by atoms with E-state index >= 15 is 0 Å². The molecule has 0 bridgehead atoms. The Morgan fingerprint density at radius 1 is 1.48 bits per heavy atom. The van der Waals surface area contributed by atoms with Gasteiger partial charge in [-0.15, -0.1) is 0 Å². The fraction of sp³-hybridized carbons (Fsp3) is 0.533. The summed E-state index contributed by atoms with van der Waals surface area (Å²) in [7, 11) is 0. The number of halogens is 4. The third kappa shape index (κ3) is 4.03. The van der Waals surface area contributed by atoms with Gasteiger partial charge in [-0.1, -0.05) is 11.6 Å². The van der Waals surface area contributed by atoms with E-state index < -0.39 is 12.1 Å². The Hall–Kier alpha value is -1.48. The summed E-state index contributed by atoms with van der Waals surface area (Å²) in [5.41, 5.74) is 0.772. The highest BCUT2D eigenvalue weighted by Gasteiger charge is 2.34. The molecule has 0 aliphatic heterocycles. The van der Waals surface area contributed by atoms with E-state index in [4.69, 9.17) is 11.6 Å². The molecule has 0 unspecified atom stereocenters. The number of aromatic nitrogens is 4. The first-order chi connectivity index (χ1) is 11.9. The fourth-order valence-electron chi connectivity index (χ4n) is 2.57. The molecule has 1 amide bonds. The van der Waals surface area contributed by atoms with Crippen LogP contribution in [0, 0.1) is 0 Å². The first-order valence-corrected chi connectivity index (χ1v) is 9.10. The molecule has 1 saturated carbocycles. The molecule has 1 aliphatic carbocycles. The lowest BCUT2D eigenvalue weighted by Crippen LogP contribution is -2.28. The Balaban J connectivity index is 1.68. The number of amides is 1. The highest BCUT2D eigenvalue weighted by atomic mass is 79.9. The lowest BCUT2D eigenvalue weighted by atomic mass is 10.2. The molecule has 10 heteroatoms. The average molecular weight is 437 g/mol. The highest BCUT2D eigenvalue weighted by molar-refractivity contribution is 9.10. The van der Waals surface area contributed by atoms with E-state index in [2.05, 4.69) is 31.4 Å². The summed E-state index contributed by atoms with van der Waals surface area (Å²) < 4.78 is 29.9. The zero-order chi connectivity index (χ0) is 18.1. The maximum absolute atomic E-state index is 13.0. The molecule has 0 radical (unpaired) electrons. The van der Waals surface area contributed by atoms with Crippen molar-refractivity contribution >= 4 is 33.4 Å². The molecular formula is C15H17BrClF2N5O. The lowest BCUT2D eigenvalue weighted by molar-refractivity contribution is -0.122. The zero-order valence-corrected chi connectivity index (χ0v) is 15.8. The summed E-state index contributed by atoms with van der Waals surface area (Å²) in [6.07, 6.45) is 0.812. The molecule has 2 aromatic heterocycles. The number of hydrogen-bond acceptors (Lipinski definition) is 3. The number of rotatable bonds is 7. The molecular weight excluding hydrogens is 420 g/mol. The third-order valence-electron chi connectivity index (χ3n) is 3.98. The summed E-state index contributed by atoms with van der Waals surface area (Å²) in [5.74, 6) is -0.227. The molecule has 0 spiro atoms. The number of aryl methyl sites for hydroxylation is 1.